The summed E-state index contributed by atoms with van der Waals surface area (Å²) < 4.78 is 1.07. The van der Waals surface area contributed by atoms with Gasteiger partial charge in [-0.3, -0.25) is 4.79 Å². The maximum absolute atomic E-state index is 11.8. The number of rotatable bonds is 7. The number of thiazole rings is 1. The van der Waals surface area contributed by atoms with Gasteiger partial charge >= 0.3 is 0 Å². The van der Waals surface area contributed by atoms with E-state index in [-0.39, 0.29) is 5.91 Å². The quantitative estimate of drug-likeness (QED) is 0.733. The molecule has 2 N–H and O–H groups in total. The van der Waals surface area contributed by atoms with Crippen LogP contribution < -0.4 is 10.6 Å². The largest absolute Gasteiger partial charge is 0.356 e. The van der Waals surface area contributed by atoms with Crippen molar-refractivity contribution in [2.45, 2.75) is 12.8 Å². The Hall–Kier alpha value is -0.760. The first kappa shape index (κ1) is 15.6. The van der Waals surface area contributed by atoms with Crippen molar-refractivity contribution in [3.63, 3.8) is 0 Å². The fourth-order valence-electron chi connectivity index (χ4n) is 1.65. The standard InChI is InChI=1S/C13H16BrN3OS2/c1-15-3-2-4-16-12(18)6-10-8-20-13(17-10)11-5-9(14)7-19-11/h5,7-8,15H,2-4,6H2,1H3,(H,16,18). The number of carbonyl (C=O) groups excluding carboxylic acids is 1. The molecule has 20 heavy (non-hydrogen) atoms. The Morgan fingerprint density at radius 3 is 2.90 bits per heavy atom. The molecule has 0 fully saturated rings. The van der Waals surface area contributed by atoms with Crippen LogP contribution in [0.4, 0.5) is 0 Å². The van der Waals surface area contributed by atoms with Gasteiger partial charge < -0.3 is 10.6 Å². The highest BCUT2D eigenvalue weighted by Gasteiger charge is 2.10. The Morgan fingerprint density at radius 2 is 2.20 bits per heavy atom. The third-order valence-electron chi connectivity index (χ3n) is 2.60. The Bertz CT molecular complexity index is 567. The second-order valence-corrected chi connectivity index (χ2v) is 6.94. The summed E-state index contributed by atoms with van der Waals surface area (Å²) in [4.78, 5) is 17.4. The molecule has 7 heteroatoms. The molecule has 2 aromatic rings. The third-order valence-corrected chi connectivity index (χ3v) is 5.35. The van der Waals surface area contributed by atoms with Gasteiger partial charge in [0.2, 0.25) is 5.91 Å². The van der Waals surface area contributed by atoms with E-state index in [1.54, 1.807) is 22.7 Å². The van der Waals surface area contributed by atoms with Gasteiger partial charge in [-0.15, -0.1) is 22.7 Å². The van der Waals surface area contributed by atoms with E-state index in [9.17, 15) is 4.79 Å². The molecule has 0 saturated heterocycles. The first-order chi connectivity index (χ1) is 9.69. The average Bonchev–Trinajstić information content (AvgIpc) is 3.04. The molecule has 4 nitrogen and oxygen atoms in total. The lowest BCUT2D eigenvalue weighted by Gasteiger charge is -2.03. The number of hydrogen-bond acceptors (Lipinski definition) is 5. The predicted molar refractivity (Wildman–Crippen MR) is 88.4 cm³/mol. The number of nitrogens with one attached hydrogen (secondary N) is 2. The summed E-state index contributed by atoms with van der Waals surface area (Å²) in [7, 11) is 1.90. The molecule has 0 spiro atoms. The van der Waals surface area contributed by atoms with Crippen molar-refractivity contribution in [2.75, 3.05) is 20.1 Å². The number of hydrogen-bond donors (Lipinski definition) is 2. The zero-order valence-electron chi connectivity index (χ0n) is 11.1. The molecule has 0 aliphatic heterocycles. The number of amides is 1. The van der Waals surface area contributed by atoms with Gasteiger partial charge in [0.1, 0.15) is 5.01 Å². The Labute approximate surface area is 134 Å². The summed E-state index contributed by atoms with van der Waals surface area (Å²) in [6, 6.07) is 2.05. The van der Waals surface area contributed by atoms with Crippen molar-refractivity contribution < 1.29 is 4.79 Å². The van der Waals surface area contributed by atoms with Crippen LogP contribution in [0.2, 0.25) is 0 Å². The Kier molecular flexibility index (Phi) is 6.15. The normalized spacial score (nSPS) is 10.7. The van der Waals surface area contributed by atoms with E-state index in [0.29, 0.717) is 13.0 Å². The summed E-state index contributed by atoms with van der Waals surface area (Å²) in [5.41, 5.74) is 0.834. The number of thiophene rings is 1. The van der Waals surface area contributed by atoms with Crippen molar-refractivity contribution >= 4 is 44.5 Å². The van der Waals surface area contributed by atoms with Gasteiger partial charge in [0, 0.05) is 21.8 Å². The van der Waals surface area contributed by atoms with Crippen LogP contribution >= 0.6 is 38.6 Å². The number of halogens is 1. The molecule has 0 unspecified atom stereocenters. The van der Waals surface area contributed by atoms with Gasteiger partial charge in [-0.1, -0.05) is 0 Å². The van der Waals surface area contributed by atoms with Gasteiger partial charge in [0.25, 0.3) is 0 Å². The molecule has 0 atom stereocenters. The SMILES string of the molecule is CNCCCNC(=O)Cc1csc(-c2cc(Br)cs2)n1. The highest BCUT2D eigenvalue weighted by Crippen LogP contribution is 2.31. The summed E-state index contributed by atoms with van der Waals surface area (Å²) in [6.07, 6.45) is 1.29. The van der Waals surface area contributed by atoms with Crippen LogP contribution in [-0.2, 0) is 11.2 Å². The molecular formula is C13H16BrN3OS2. The average molecular weight is 374 g/mol. The zero-order chi connectivity index (χ0) is 14.4. The first-order valence-corrected chi connectivity index (χ1v) is 8.84. The highest BCUT2D eigenvalue weighted by atomic mass is 79.9. The van der Waals surface area contributed by atoms with Crippen LogP contribution in [-0.4, -0.2) is 31.0 Å². The molecule has 2 heterocycles. The third kappa shape index (κ3) is 4.66. The van der Waals surface area contributed by atoms with E-state index < -0.39 is 0 Å². The van der Waals surface area contributed by atoms with Crippen molar-refractivity contribution in [1.29, 1.82) is 0 Å². The van der Waals surface area contributed by atoms with Crippen LogP contribution in [0.25, 0.3) is 9.88 Å². The molecule has 0 aromatic carbocycles. The van der Waals surface area contributed by atoms with E-state index >= 15 is 0 Å². The van der Waals surface area contributed by atoms with Gasteiger partial charge in [0.15, 0.2) is 0 Å². The summed E-state index contributed by atoms with van der Waals surface area (Å²) in [5.74, 6) is 0.0327. The lowest BCUT2D eigenvalue weighted by molar-refractivity contribution is -0.120. The topological polar surface area (TPSA) is 54.0 Å². The van der Waals surface area contributed by atoms with E-state index in [2.05, 4.69) is 31.5 Å². The molecule has 0 radical (unpaired) electrons. The van der Waals surface area contributed by atoms with Crippen molar-refractivity contribution in [3.05, 3.63) is 27.0 Å². The second-order valence-electron chi connectivity index (χ2n) is 4.26. The molecule has 108 valence electrons. The zero-order valence-corrected chi connectivity index (χ0v) is 14.3. The summed E-state index contributed by atoms with van der Waals surface area (Å²) >= 11 is 6.66. The predicted octanol–water partition coefficient (Wildman–Crippen LogP) is 2.90. The molecule has 1 amide bonds. The van der Waals surface area contributed by atoms with Crippen LogP contribution in [0.15, 0.2) is 21.3 Å². The minimum absolute atomic E-state index is 0.0327. The van der Waals surface area contributed by atoms with E-state index in [0.717, 1.165) is 33.0 Å². The molecular weight excluding hydrogens is 358 g/mol. The van der Waals surface area contributed by atoms with Gasteiger partial charge in [-0.25, -0.2) is 4.98 Å². The monoisotopic (exact) mass is 373 g/mol. The van der Waals surface area contributed by atoms with Crippen LogP contribution in [0, 0.1) is 0 Å². The fourth-order valence-corrected chi connectivity index (χ4v) is 3.97. The summed E-state index contributed by atoms with van der Waals surface area (Å²) in [5, 5.41) is 10.9. The van der Waals surface area contributed by atoms with Crippen molar-refractivity contribution in [3.8, 4) is 9.88 Å². The van der Waals surface area contributed by atoms with E-state index in [1.807, 2.05) is 23.9 Å². The van der Waals surface area contributed by atoms with E-state index in [1.165, 1.54) is 0 Å². The minimum atomic E-state index is 0.0327. The second kappa shape index (κ2) is 7.87. The number of aromatic nitrogens is 1. The molecule has 2 aromatic heterocycles. The number of carbonyl (C=O) groups is 1. The Morgan fingerprint density at radius 1 is 1.35 bits per heavy atom. The number of nitrogens with zero attached hydrogens (tertiary/aromatic N) is 1. The molecule has 0 bridgehead atoms. The maximum Gasteiger partial charge on any atom is 0.226 e. The Balaban J connectivity index is 1.85. The van der Waals surface area contributed by atoms with Crippen molar-refractivity contribution in [1.82, 2.24) is 15.6 Å². The minimum Gasteiger partial charge on any atom is -0.356 e. The van der Waals surface area contributed by atoms with Crippen LogP contribution in [0.3, 0.4) is 0 Å². The van der Waals surface area contributed by atoms with Gasteiger partial charge in [-0.2, -0.15) is 0 Å². The molecule has 0 aliphatic rings. The van der Waals surface area contributed by atoms with Crippen molar-refractivity contribution in [2.24, 2.45) is 0 Å². The summed E-state index contributed by atoms with van der Waals surface area (Å²) in [6.45, 7) is 1.61. The van der Waals surface area contributed by atoms with Gasteiger partial charge in [0.05, 0.1) is 17.0 Å². The smallest absolute Gasteiger partial charge is 0.226 e. The van der Waals surface area contributed by atoms with Crippen LogP contribution in [0.1, 0.15) is 12.1 Å². The highest BCUT2D eigenvalue weighted by molar-refractivity contribution is 9.10. The van der Waals surface area contributed by atoms with Gasteiger partial charge in [-0.05, 0) is 42.0 Å². The molecule has 2 rings (SSSR count). The van der Waals surface area contributed by atoms with E-state index in [4.69, 9.17) is 0 Å². The lowest BCUT2D eigenvalue weighted by Crippen LogP contribution is -2.28. The lowest BCUT2D eigenvalue weighted by atomic mass is 10.3. The van der Waals surface area contributed by atoms with Crippen LogP contribution in [0.5, 0.6) is 0 Å². The first-order valence-electron chi connectivity index (χ1n) is 6.29. The fraction of sp³-hybridized carbons (Fsp3) is 0.385. The maximum atomic E-state index is 11.8. The molecule has 0 saturated carbocycles. The molecule has 0 aliphatic carbocycles.